The molecule has 0 aromatic carbocycles. The highest BCUT2D eigenvalue weighted by Crippen LogP contribution is 2.33. The molecular formula is C12H15N7S2. The molecule has 9 heteroatoms. The molecule has 0 fully saturated rings. The molecule has 0 aliphatic carbocycles. The molecule has 0 saturated heterocycles. The first-order valence-electron chi connectivity index (χ1n) is 6.30. The molecule has 0 saturated carbocycles. The van der Waals surface area contributed by atoms with Gasteiger partial charge in [0.1, 0.15) is 17.0 Å². The number of thioether (sulfide) groups is 1. The quantitative estimate of drug-likeness (QED) is 0.431. The molecule has 3 rings (SSSR count). The van der Waals surface area contributed by atoms with Gasteiger partial charge in [-0.15, -0.1) is 11.3 Å². The predicted molar refractivity (Wildman–Crippen MR) is 85.3 cm³/mol. The second-order valence-corrected chi connectivity index (χ2v) is 6.70. The minimum absolute atomic E-state index is 0.618. The number of aryl methyl sites for hydroxylation is 3. The maximum Gasteiger partial charge on any atom is 0.186 e. The number of nitrogens with one attached hydrogen (secondary N) is 1. The van der Waals surface area contributed by atoms with E-state index in [-0.39, 0.29) is 0 Å². The molecule has 21 heavy (non-hydrogen) atoms. The van der Waals surface area contributed by atoms with E-state index in [4.69, 9.17) is 5.84 Å². The number of fused-ring (bicyclic) bond motifs is 1. The van der Waals surface area contributed by atoms with E-state index in [0.717, 1.165) is 21.2 Å². The van der Waals surface area contributed by atoms with Crippen LogP contribution in [0.15, 0.2) is 11.5 Å². The molecule has 3 heterocycles. The van der Waals surface area contributed by atoms with Crippen LogP contribution in [0.3, 0.4) is 0 Å². The standard InChI is InChI=1S/C12H15N7S2/c1-6-7(2)21-11-9(6)10(18-13)16-8(17-11)4-20-12-14-5-15-19(12)3/h5H,4,13H2,1-3H3,(H,16,17,18). The van der Waals surface area contributed by atoms with Crippen molar-refractivity contribution in [2.24, 2.45) is 12.9 Å². The van der Waals surface area contributed by atoms with Gasteiger partial charge in [-0.2, -0.15) is 5.10 Å². The summed E-state index contributed by atoms with van der Waals surface area (Å²) in [6.07, 6.45) is 1.53. The SMILES string of the molecule is Cc1sc2nc(CSc3ncnn3C)nc(NN)c2c1C. The van der Waals surface area contributed by atoms with Gasteiger partial charge in [-0.25, -0.2) is 25.5 Å². The highest BCUT2D eigenvalue weighted by atomic mass is 32.2. The van der Waals surface area contributed by atoms with Crippen LogP contribution in [-0.4, -0.2) is 24.7 Å². The Bertz CT molecular complexity index is 792. The Morgan fingerprint density at radius 3 is 2.86 bits per heavy atom. The van der Waals surface area contributed by atoms with Crippen LogP contribution in [0.1, 0.15) is 16.3 Å². The van der Waals surface area contributed by atoms with Crippen molar-refractivity contribution in [3.05, 3.63) is 22.6 Å². The minimum atomic E-state index is 0.618. The van der Waals surface area contributed by atoms with E-state index in [1.54, 1.807) is 27.8 Å². The van der Waals surface area contributed by atoms with Gasteiger partial charge in [0.2, 0.25) is 0 Å². The molecule has 3 aromatic heterocycles. The van der Waals surface area contributed by atoms with Gasteiger partial charge in [0.05, 0.1) is 11.1 Å². The lowest BCUT2D eigenvalue weighted by Crippen LogP contribution is -2.11. The summed E-state index contributed by atoms with van der Waals surface area (Å²) in [5, 5.41) is 5.88. The van der Waals surface area contributed by atoms with E-state index < -0.39 is 0 Å². The first kappa shape index (κ1) is 14.2. The van der Waals surface area contributed by atoms with Gasteiger partial charge < -0.3 is 5.43 Å². The topological polar surface area (TPSA) is 94.5 Å². The summed E-state index contributed by atoms with van der Waals surface area (Å²) in [4.78, 5) is 15.5. The molecule has 0 bridgehead atoms. The van der Waals surface area contributed by atoms with Crippen molar-refractivity contribution in [1.82, 2.24) is 24.7 Å². The van der Waals surface area contributed by atoms with Gasteiger partial charge in [-0.05, 0) is 19.4 Å². The van der Waals surface area contributed by atoms with Crippen molar-refractivity contribution < 1.29 is 0 Å². The van der Waals surface area contributed by atoms with E-state index in [9.17, 15) is 0 Å². The molecule has 0 aliphatic heterocycles. The molecule has 0 amide bonds. The van der Waals surface area contributed by atoms with Gasteiger partial charge in [0, 0.05) is 11.9 Å². The lowest BCUT2D eigenvalue weighted by molar-refractivity contribution is 0.685. The van der Waals surface area contributed by atoms with Crippen LogP contribution >= 0.6 is 23.1 Å². The maximum absolute atomic E-state index is 5.61. The lowest BCUT2D eigenvalue weighted by atomic mass is 10.2. The average molecular weight is 321 g/mol. The molecule has 110 valence electrons. The van der Waals surface area contributed by atoms with Gasteiger partial charge in [-0.1, -0.05) is 11.8 Å². The fraction of sp³-hybridized carbons (Fsp3) is 0.333. The largest absolute Gasteiger partial charge is 0.308 e. The molecule has 3 aromatic rings. The lowest BCUT2D eigenvalue weighted by Gasteiger charge is -2.06. The fourth-order valence-electron chi connectivity index (χ4n) is 2.01. The Kier molecular flexibility index (Phi) is 3.79. The molecule has 0 atom stereocenters. The summed E-state index contributed by atoms with van der Waals surface area (Å²) in [5.41, 5.74) is 3.86. The molecule has 3 N–H and O–H groups in total. The van der Waals surface area contributed by atoms with Gasteiger partial charge in [0.15, 0.2) is 11.0 Å². The zero-order chi connectivity index (χ0) is 15.0. The number of nitrogens with zero attached hydrogens (tertiary/aromatic N) is 5. The van der Waals surface area contributed by atoms with Crippen LogP contribution in [0.25, 0.3) is 10.2 Å². The summed E-state index contributed by atoms with van der Waals surface area (Å²) in [7, 11) is 1.86. The number of nitrogens with two attached hydrogens (primary N) is 1. The van der Waals surface area contributed by atoms with Gasteiger partial charge in [-0.3, -0.25) is 0 Å². The number of nitrogen functional groups attached to an aromatic ring is 1. The third kappa shape index (κ3) is 2.59. The fourth-order valence-corrected chi connectivity index (χ4v) is 3.80. The van der Waals surface area contributed by atoms with Crippen LogP contribution in [0.2, 0.25) is 0 Å². The monoisotopic (exact) mass is 321 g/mol. The summed E-state index contributed by atoms with van der Waals surface area (Å²) in [6.45, 7) is 4.14. The van der Waals surface area contributed by atoms with E-state index in [2.05, 4.69) is 39.3 Å². The van der Waals surface area contributed by atoms with E-state index in [1.165, 1.54) is 16.8 Å². The Hall–Kier alpha value is -1.71. The first-order valence-corrected chi connectivity index (χ1v) is 8.10. The summed E-state index contributed by atoms with van der Waals surface area (Å²) in [5.74, 6) is 7.63. The van der Waals surface area contributed by atoms with Crippen molar-refractivity contribution in [2.75, 3.05) is 5.43 Å². The minimum Gasteiger partial charge on any atom is -0.308 e. The number of hydrazine groups is 1. The van der Waals surface area contributed by atoms with Crippen molar-refractivity contribution in [3.63, 3.8) is 0 Å². The Morgan fingerprint density at radius 2 is 2.19 bits per heavy atom. The Morgan fingerprint density at radius 1 is 1.38 bits per heavy atom. The number of rotatable bonds is 4. The van der Waals surface area contributed by atoms with Gasteiger partial charge in [0.25, 0.3) is 0 Å². The third-order valence-corrected chi connectivity index (χ3v) is 5.34. The van der Waals surface area contributed by atoms with Crippen LogP contribution in [0.5, 0.6) is 0 Å². The molecule has 0 unspecified atom stereocenters. The molecular weight excluding hydrogens is 306 g/mol. The molecule has 0 spiro atoms. The predicted octanol–water partition coefficient (Wildman–Crippen LogP) is 2.01. The smallest absolute Gasteiger partial charge is 0.186 e. The summed E-state index contributed by atoms with van der Waals surface area (Å²) in [6, 6.07) is 0. The average Bonchev–Trinajstić information content (AvgIpc) is 3.00. The molecule has 0 aliphatic rings. The van der Waals surface area contributed by atoms with Crippen molar-refractivity contribution in [1.29, 1.82) is 0 Å². The van der Waals surface area contributed by atoms with E-state index >= 15 is 0 Å². The summed E-state index contributed by atoms with van der Waals surface area (Å²) < 4.78 is 1.73. The van der Waals surface area contributed by atoms with Crippen molar-refractivity contribution in [3.8, 4) is 0 Å². The first-order chi connectivity index (χ1) is 10.1. The van der Waals surface area contributed by atoms with Crippen molar-refractivity contribution >= 4 is 39.1 Å². The number of hydrogen-bond donors (Lipinski definition) is 2. The molecule has 0 radical (unpaired) electrons. The Labute approximate surface area is 130 Å². The second-order valence-electron chi connectivity index (χ2n) is 4.55. The number of thiophene rings is 1. The Balaban J connectivity index is 1.94. The number of anilines is 1. The zero-order valence-electron chi connectivity index (χ0n) is 11.9. The van der Waals surface area contributed by atoms with Crippen LogP contribution in [-0.2, 0) is 12.8 Å². The number of aromatic nitrogens is 5. The van der Waals surface area contributed by atoms with Crippen LogP contribution in [0.4, 0.5) is 5.82 Å². The molecule has 7 nitrogen and oxygen atoms in total. The van der Waals surface area contributed by atoms with Crippen LogP contribution < -0.4 is 11.3 Å². The number of hydrogen-bond acceptors (Lipinski definition) is 8. The van der Waals surface area contributed by atoms with E-state index in [0.29, 0.717) is 11.6 Å². The van der Waals surface area contributed by atoms with Gasteiger partial charge >= 0.3 is 0 Å². The van der Waals surface area contributed by atoms with Crippen LogP contribution in [0, 0.1) is 13.8 Å². The third-order valence-electron chi connectivity index (χ3n) is 3.21. The maximum atomic E-state index is 5.61. The zero-order valence-corrected chi connectivity index (χ0v) is 13.5. The van der Waals surface area contributed by atoms with Crippen molar-refractivity contribution in [2.45, 2.75) is 24.8 Å². The highest BCUT2D eigenvalue weighted by Gasteiger charge is 2.14. The second kappa shape index (κ2) is 5.58. The highest BCUT2D eigenvalue weighted by molar-refractivity contribution is 7.98. The van der Waals surface area contributed by atoms with E-state index in [1.807, 2.05) is 7.05 Å². The normalized spacial score (nSPS) is 11.2. The summed E-state index contributed by atoms with van der Waals surface area (Å²) >= 11 is 3.21.